The molecule has 0 saturated carbocycles. The van der Waals surface area contributed by atoms with Gasteiger partial charge in [0.15, 0.2) is 13.1 Å². The molecule has 26 heavy (non-hydrogen) atoms. The molecule has 0 aromatic heterocycles. The minimum Gasteiger partial charge on any atom is -0.469 e. The number of esters is 1. The van der Waals surface area contributed by atoms with Gasteiger partial charge < -0.3 is 18.9 Å². The molecule has 0 spiro atoms. The summed E-state index contributed by atoms with van der Waals surface area (Å²) in [5.41, 5.74) is 2.60. The van der Waals surface area contributed by atoms with E-state index in [2.05, 4.69) is 0 Å². The van der Waals surface area contributed by atoms with Crippen molar-refractivity contribution in [2.75, 3.05) is 34.2 Å². The third kappa shape index (κ3) is 5.40. The van der Waals surface area contributed by atoms with E-state index in [1.165, 1.54) is 7.11 Å². The van der Waals surface area contributed by atoms with Crippen LogP contribution in [-0.2, 0) is 25.4 Å². The summed E-state index contributed by atoms with van der Waals surface area (Å²) in [6, 6.07) is 12.9. The third-order valence-corrected chi connectivity index (χ3v) is 3.68. The van der Waals surface area contributed by atoms with Gasteiger partial charge in [-0.3, -0.25) is 9.59 Å². The number of benzene rings is 2. The van der Waals surface area contributed by atoms with E-state index in [-0.39, 0.29) is 19.2 Å². The van der Waals surface area contributed by atoms with Crippen LogP contribution in [0, 0.1) is 0 Å². The summed E-state index contributed by atoms with van der Waals surface area (Å²) >= 11 is 0. The van der Waals surface area contributed by atoms with Gasteiger partial charge in [0, 0.05) is 12.7 Å². The Balaban J connectivity index is 2.36. The van der Waals surface area contributed by atoms with Gasteiger partial charge in [-0.15, -0.1) is 0 Å². The minimum atomic E-state index is -0.377. The van der Waals surface area contributed by atoms with Crippen molar-refractivity contribution in [2.45, 2.75) is 6.42 Å². The van der Waals surface area contributed by atoms with Gasteiger partial charge in [-0.2, -0.15) is 0 Å². The van der Waals surface area contributed by atoms with E-state index < -0.39 is 0 Å². The number of carbonyl (C=O) groups excluding carboxylic acids is 2. The fraction of sp³-hybridized carbons (Fsp3) is 0.300. The lowest BCUT2D eigenvalue weighted by atomic mass is 9.97. The van der Waals surface area contributed by atoms with E-state index in [0.717, 1.165) is 5.56 Å². The van der Waals surface area contributed by atoms with Crippen molar-refractivity contribution >= 4 is 12.3 Å². The number of ether oxygens (including phenoxy) is 4. The molecular weight excluding hydrogens is 336 g/mol. The summed E-state index contributed by atoms with van der Waals surface area (Å²) in [6.07, 6.45) is 0.777. The lowest BCUT2D eigenvalue weighted by Gasteiger charge is -2.16. The van der Waals surface area contributed by atoms with Gasteiger partial charge in [-0.25, -0.2) is 0 Å². The molecule has 0 N–H and O–H groups in total. The predicted octanol–water partition coefficient (Wildman–Crippen LogP) is 2.88. The topological polar surface area (TPSA) is 71.1 Å². The molecule has 0 aliphatic rings. The molecule has 0 unspecified atom stereocenters. The van der Waals surface area contributed by atoms with Crippen LogP contribution in [-0.4, -0.2) is 46.5 Å². The van der Waals surface area contributed by atoms with Crippen LogP contribution in [0.1, 0.15) is 15.9 Å². The second kappa shape index (κ2) is 10.3. The van der Waals surface area contributed by atoms with Crippen LogP contribution in [0.25, 0.3) is 11.1 Å². The van der Waals surface area contributed by atoms with Crippen molar-refractivity contribution in [1.82, 2.24) is 0 Å². The standard InChI is InChI=1S/C20H22O6/c1-23-8-9-25-14-26-20-17(13-21)10-15(12-19(22)24-2)11-18(20)16-6-4-3-5-7-16/h3-7,10-11,13H,8-9,12,14H2,1-2H3. The molecule has 138 valence electrons. The van der Waals surface area contributed by atoms with Crippen molar-refractivity contribution in [3.8, 4) is 16.9 Å². The van der Waals surface area contributed by atoms with Gasteiger partial charge in [0.05, 0.1) is 32.3 Å². The Morgan fingerprint density at radius 2 is 1.85 bits per heavy atom. The largest absolute Gasteiger partial charge is 0.469 e. The van der Waals surface area contributed by atoms with Gasteiger partial charge >= 0.3 is 5.97 Å². The first-order chi connectivity index (χ1) is 12.7. The van der Waals surface area contributed by atoms with Gasteiger partial charge in [-0.1, -0.05) is 30.3 Å². The number of carbonyl (C=O) groups is 2. The van der Waals surface area contributed by atoms with Gasteiger partial charge in [0.1, 0.15) is 5.75 Å². The Labute approximate surface area is 152 Å². The Hall–Kier alpha value is -2.70. The molecular formula is C20H22O6. The quantitative estimate of drug-likeness (QED) is 0.281. The zero-order valence-corrected chi connectivity index (χ0v) is 14.9. The highest BCUT2D eigenvalue weighted by molar-refractivity contribution is 5.87. The number of methoxy groups -OCH3 is 2. The van der Waals surface area contributed by atoms with E-state index in [9.17, 15) is 9.59 Å². The summed E-state index contributed by atoms with van der Waals surface area (Å²) < 4.78 is 20.7. The Bertz CT molecular complexity index is 727. The van der Waals surface area contributed by atoms with Crippen molar-refractivity contribution in [3.63, 3.8) is 0 Å². The summed E-state index contributed by atoms with van der Waals surface area (Å²) in [5, 5.41) is 0. The normalized spacial score (nSPS) is 10.4. The fourth-order valence-electron chi connectivity index (χ4n) is 2.44. The number of hydrogen-bond donors (Lipinski definition) is 0. The number of hydrogen-bond acceptors (Lipinski definition) is 6. The van der Waals surface area contributed by atoms with Crippen molar-refractivity contribution in [1.29, 1.82) is 0 Å². The molecule has 6 heteroatoms. The third-order valence-electron chi connectivity index (χ3n) is 3.68. The second-order valence-corrected chi connectivity index (χ2v) is 5.46. The molecule has 0 aliphatic heterocycles. The van der Waals surface area contributed by atoms with Crippen molar-refractivity contribution in [2.24, 2.45) is 0 Å². The molecule has 2 aromatic carbocycles. The van der Waals surface area contributed by atoms with Crippen LogP contribution in [0.3, 0.4) is 0 Å². The molecule has 2 rings (SSSR count). The average Bonchev–Trinajstić information content (AvgIpc) is 2.68. The molecule has 2 aromatic rings. The van der Waals surface area contributed by atoms with Crippen LogP contribution in [0.4, 0.5) is 0 Å². The van der Waals surface area contributed by atoms with Gasteiger partial charge in [0.2, 0.25) is 0 Å². The molecule has 0 radical (unpaired) electrons. The van der Waals surface area contributed by atoms with E-state index in [0.29, 0.717) is 41.9 Å². The Morgan fingerprint density at radius 1 is 1.08 bits per heavy atom. The van der Waals surface area contributed by atoms with Crippen LogP contribution >= 0.6 is 0 Å². The lowest BCUT2D eigenvalue weighted by Crippen LogP contribution is -2.10. The van der Waals surface area contributed by atoms with E-state index in [4.69, 9.17) is 18.9 Å². The first-order valence-corrected chi connectivity index (χ1v) is 8.13. The van der Waals surface area contributed by atoms with E-state index in [1.54, 1.807) is 13.2 Å². The smallest absolute Gasteiger partial charge is 0.309 e. The fourth-order valence-corrected chi connectivity index (χ4v) is 2.44. The predicted molar refractivity (Wildman–Crippen MR) is 96.3 cm³/mol. The summed E-state index contributed by atoms with van der Waals surface area (Å²) in [7, 11) is 2.91. The maximum atomic E-state index is 11.6. The summed E-state index contributed by atoms with van der Waals surface area (Å²) in [6.45, 7) is 0.821. The Kier molecular flexibility index (Phi) is 7.79. The highest BCUT2D eigenvalue weighted by Crippen LogP contribution is 2.34. The monoisotopic (exact) mass is 358 g/mol. The first-order valence-electron chi connectivity index (χ1n) is 8.13. The number of rotatable bonds is 10. The molecule has 0 bridgehead atoms. The average molecular weight is 358 g/mol. The van der Waals surface area contributed by atoms with Gasteiger partial charge in [0.25, 0.3) is 0 Å². The lowest BCUT2D eigenvalue weighted by molar-refractivity contribution is -0.139. The Morgan fingerprint density at radius 3 is 2.50 bits per heavy atom. The zero-order valence-electron chi connectivity index (χ0n) is 14.9. The molecule has 0 amide bonds. The van der Waals surface area contributed by atoms with E-state index in [1.807, 2.05) is 36.4 Å². The highest BCUT2D eigenvalue weighted by Gasteiger charge is 2.16. The molecule has 0 atom stereocenters. The number of aldehydes is 1. The molecule has 6 nitrogen and oxygen atoms in total. The second-order valence-electron chi connectivity index (χ2n) is 5.46. The van der Waals surface area contributed by atoms with Gasteiger partial charge in [-0.05, 0) is 23.3 Å². The zero-order chi connectivity index (χ0) is 18.8. The van der Waals surface area contributed by atoms with Crippen LogP contribution in [0.2, 0.25) is 0 Å². The first kappa shape index (κ1) is 19.6. The van der Waals surface area contributed by atoms with E-state index >= 15 is 0 Å². The minimum absolute atomic E-state index is 0.0135. The SMILES string of the molecule is COCCOCOc1c(C=O)cc(CC(=O)OC)cc1-c1ccccc1. The highest BCUT2D eigenvalue weighted by atomic mass is 16.7. The molecule has 0 fully saturated rings. The maximum Gasteiger partial charge on any atom is 0.309 e. The summed E-state index contributed by atoms with van der Waals surface area (Å²) in [5.74, 6) is 0.0367. The molecule has 0 heterocycles. The van der Waals surface area contributed by atoms with Crippen LogP contribution < -0.4 is 4.74 Å². The van der Waals surface area contributed by atoms with Crippen molar-refractivity contribution < 1.29 is 28.5 Å². The maximum absolute atomic E-state index is 11.6. The van der Waals surface area contributed by atoms with Crippen LogP contribution in [0.5, 0.6) is 5.75 Å². The molecule has 0 saturated heterocycles. The summed E-state index contributed by atoms with van der Waals surface area (Å²) in [4.78, 5) is 23.2. The van der Waals surface area contributed by atoms with Crippen molar-refractivity contribution in [3.05, 3.63) is 53.6 Å². The van der Waals surface area contributed by atoms with Crippen LogP contribution in [0.15, 0.2) is 42.5 Å². The molecule has 0 aliphatic carbocycles.